The molecule has 3 aromatic rings. The molecule has 0 aliphatic carbocycles. The van der Waals surface area contributed by atoms with Crippen LogP contribution in [0.2, 0.25) is 0 Å². The number of aromatic hydroxyl groups is 2. The van der Waals surface area contributed by atoms with E-state index in [9.17, 15) is 15.0 Å². The SMILES string of the molecule is CO[C@@H]1Oc2c(O)ccc3c(=O)oc4c(O)ccc1c4c23. The van der Waals surface area contributed by atoms with Crippen molar-refractivity contribution in [2.75, 3.05) is 7.11 Å². The van der Waals surface area contributed by atoms with E-state index in [-0.39, 0.29) is 28.2 Å². The predicted octanol–water partition coefficient (Wildman–Crippen LogP) is 2.39. The Balaban J connectivity index is 2.37. The maximum Gasteiger partial charge on any atom is 0.344 e. The van der Waals surface area contributed by atoms with Gasteiger partial charge in [0.05, 0.1) is 5.39 Å². The first-order chi connectivity index (χ1) is 10.1. The molecule has 1 aliphatic heterocycles. The Morgan fingerprint density at radius 3 is 2.62 bits per heavy atom. The zero-order valence-corrected chi connectivity index (χ0v) is 10.9. The third kappa shape index (κ3) is 1.42. The first-order valence-corrected chi connectivity index (χ1v) is 6.25. The van der Waals surface area contributed by atoms with Crippen LogP contribution in [0.15, 0.2) is 33.5 Å². The highest BCUT2D eigenvalue weighted by Crippen LogP contribution is 2.47. The molecule has 0 bridgehead atoms. The molecule has 4 rings (SSSR count). The van der Waals surface area contributed by atoms with Gasteiger partial charge in [0, 0.05) is 23.4 Å². The van der Waals surface area contributed by atoms with Gasteiger partial charge in [-0.3, -0.25) is 0 Å². The molecule has 0 saturated heterocycles. The van der Waals surface area contributed by atoms with Crippen LogP contribution >= 0.6 is 0 Å². The van der Waals surface area contributed by atoms with E-state index in [1.807, 2.05) is 0 Å². The molecule has 2 heterocycles. The maximum atomic E-state index is 12.0. The second-order valence-corrected chi connectivity index (χ2v) is 4.79. The molecule has 1 aliphatic rings. The Labute approximate surface area is 117 Å². The average Bonchev–Trinajstić information content (AvgIpc) is 2.49. The average molecular weight is 286 g/mol. The Morgan fingerprint density at radius 2 is 1.86 bits per heavy atom. The lowest BCUT2D eigenvalue weighted by atomic mass is 9.98. The van der Waals surface area contributed by atoms with E-state index in [2.05, 4.69) is 0 Å². The molecule has 6 nitrogen and oxygen atoms in total. The molecule has 0 radical (unpaired) electrons. The molecular weight excluding hydrogens is 276 g/mol. The second-order valence-electron chi connectivity index (χ2n) is 4.79. The van der Waals surface area contributed by atoms with Crippen LogP contribution in [0.5, 0.6) is 17.2 Å². The Bertz CT molecular complexity index is 956. The van der Waals surface area contributed by atoms with E-state index in [1.165, 1.54) is 25.3 Å². The van der Waals surface area contributed by atoms with Crippen molar-refractivity contribution in [3.63, 3.8) is 0 Å². The standard InChI is InChI=1S/C15H10O6/c1-19-15-7-3-5-8(16)12-11(7)10-6(14(18)20-12)2-4-9(17)13(10)21-15/h2-5,15-17H,1H3/t15-/m1/s1. The smallest absolute Gasteiger partial charge is 0.344 e. The summed E-state index contributed by atoms with van der Waals surface area (Å²) in [6.07, 6.45) is -0.759. The Morgan fingerprint density at radius 1 is 1.10 bits per heavy atom. The van der Waals surface area contributed by atoms with E-state index >= 15 is 0 Å². The van der Waals surface area contributed by atoms with Crippen molar-refractivity contribution in [2.45, 2.75) is 6.29 Å². The van der Waals surface area contributed by atoms with Crippen molar-refractivity contribution in [3.05, 3.63) is 40.2 Å². The molecule has 6 heteroatoms. The van der Waals surface area contributed by atoms with Gasteiger partial charge in [0.2, 0.25) is 6.29 Å². The first kappa shape index (κ1) is 12.0. The molecule has 2 aromatic carbocycles. The van der Waals surface area contributed by atoms with Crippen molar-refractivity contribution in [3.8, 4) is 17.2 Å². The topological polar surface area (TPSA) is 89.1 Å². The lowest BCUT2D eigenvalue weighted by molar-refractivity contribution is -0.0568. The molecule has 0 unspecified atom stereocenters. The fraction of sp³-hybridized carbons (Fsp3) is 0.133. The van der Waals surface area contributed by atoms with Crippen LogP contribution in [-0.4, -0.2) is 17.3 Å². The highest BCUT2D eigenvalue weighted by atomic mass is 16.7. The van der Waals surface area contributed by atoms with Crippen LogP contribution in [0.4, 0.5) is 0 Å². The van der Waals surface area contributed by atoms with Crippen molar-refractivity contribution in [1.29, 1.82) is 0 Å². The fourth-order valence-electron chi connectivity index (χ4n) is 2.75. The molecule has 0 spiro atoms. The number of phenolic OH excluding ortho intramolecular Hbond substituents is 2. The van der Waals surface area contributed by atoms with Crippen LogP contribution in [0.3, 0.4) is 0 Å². The van der Waals surface area contributed by atoms with Gasteiger partial charge in [0.25, 0.3) is 0 Å². The molecule has 0 fully saturated rings. The molecule has 0 amide bonds. The van der Waals surface area contributed by atoms with E-state index in [1.54, 1.807) is 6.07 Å². The Hall–Kier alpha value is -2.73. The third-order valence-corrected chi connectivity index (χ3v) is 3.66. The summed E-state index contributed by atoms with van der Waals surface area (Å²) in [4.78, 5) is 12.0. The number of rotatable bonds is 1. The van der Waals surface area contributed by atoms with Crippen molar-refractivity contribution >= 4 is 21.7 Å². The minimum absolute atomic E-state index is 0.0576. The summed E-state index contributed by atoms with van der Waals surface area (Å²) in [6, 6.07) is 5.87. The highest BCUT2D eigenvalue weighted by molar-refractivity contribution is 6.12. The van der Waals surface area contributed by atoms with E-state index in [0.717, 1.165) is 0 Å². The summed E-state index contributed by atoms with van der Waals surface area (Å²) in [6.45, 7) is 0. The number of ether oxygens (including phenoxy) is 2. The van der Waals surface area contributed by atoms with E-state index in [4.69, 9.17) is 13.9 Å². The van der Waals surface area contributed by atoms with Gasteiger partial charge < -0.3 is 24.1 Å². The quantitative estimate of drug-likeness (QED) is 0.527. The summed E-state index contributed by atoms with van der Waals surface area (Å²) in [5.41, 5.74) is 0.0741. The third-order valence-electron chi connectivity index (χ3n) is 3.66. The molecule has 106 valence electrons. The number of hydrogen-bond donors (Lipinski definition) is 2. The summed E-state index contributed by atoms with van der Waals surface area (Å²) < 4.78 is 16.1. The van der Waals surface area contributed by atoms with Crippen LogP contribution in [0.1, 0.15) is 11.9 Å². The van der Waals surface area contributed by atoms with Crippen LogP contribution in [0.25, 0.3) is 21.7 Å². The first-order valence-electron chi connectivity index (χ1n) is 6.25. The number of hydrogen-bond acceptors (Lipinski definition) is 6. The lowest BCUT2D eigenvalue weighted by Crippen LogP contribution is -2.16. The number of phenols is 2. The minimum atomic E-state index is -0.759. The highest BCUT2D eigenvalue weighted by Gasteiger charge is 2.29. The zero-order chi connectivity index (χ0) is 14.7. The Kier molecular flexibility index (Phi) is 2.23. The van der Waals surface area contributed by atoms with Gasteiger partial charge in [0.1, 0.15) is 0 Å². The van der Waals surface area contributed by atoms with Gasteiger partial charge in [-0.2, -0.15) is 0 Å². The van der Waals surface area contributed by atoms with E-state index < -0.39 is 11.9 Å². The van der Waals surface area contributed by atoms with Crippen molar-refractivity contribution in [2.24, 2.45) is 0 Å². The zero-order valence-electron chi connectivity index (χ0n) is 10.9. The van der Waals surface area contributed by atoms with Gasteiger partial charge in [-0.15, -0.1) is 0 Å². The van der Waals surface area contributed by atoms with Crippen molar-refractivity contribution < 1.29 is 24.1 Å². The van der Waals surface area contributed by atoms with Crippen molar-refractivity contribution in [1.82, 2.24) is 0 Å². The molecular formula is C15H10O6. The van der Waals surface area contributed by atoms with Crippen LogP contribution in [0, 0.1) is 0 Å². The van der Waals surface area contributed by atoms with E-state index in [0.29, 0.717) is 16.3 Å². The lowest BCUT2D eigenvalue weighted by Gasteiger charge is -2.26. The van der Waals surface area contributed by atoms with Crippen LogP contribution in [-0.2, 0) is 4.74 Å². The molecule has 1 atom stereocenters. The normalized spacial score (nSPS) is 16.5. The summed E-state index contributed by atoms with van der Waals surface area (Å²) in [5, 5.41) is 21.1. The predicted molar refractivity (Wildman–Crippen MR) is 73.7 cm³/mol. The van der Waals surface area contributed by atoms with Gasteiger partial charge in [0.15, 0.2) is 22.8 Å². The fourth-order valence-corrected chi connectivity index (χ4v) is 2.75. The largest absolute Gasteiger partial charge is 0.504 e. The summed E-state index contributed by atoms with van der Waals surface area (Å²) in [5.74, 6) is -0.111. The molecule has 2 N–H and O–H groups in total. The van der Waals surface area contributed by atoms with Gasteiger partial charge >= 0.3 is 5.63 Å². The monoisotopic (exact) mass is 286 g/mol. The molecule has 1 aromatic heterocycles. The van der Waals surface area contributed by atoms with Gasteiger partial charge in [-0.1, -0.05) is 0 Å². The second kappa shape index (κ2) is 3.89. The molecule has 0 saturated carbocycles. The molecule has 21 heavy (non-hydrogen) atoms. The van der Waals surface area contributed by atoms with Crippen LogP contribution < -0.4 is 10.4 Å². The number of methoxy groups -OCH3 is 1. The summed E-state index contributed by atoms with van der Waals surface area (Å²) in [7, 11) is 1.46. The summed E-state index contributed by atoms with van der Waals surface area (Å²) >= 11 is 0. The number of benzene rings is 2. The van der Waals surface area contributed by atoms with Gasteiger partial charge in [-0.25, -0.2) is 4.79 Å². The van der Waals surface area contributed by atoms with Gasteiger partial charge in [-0.05, 0) is 24.3 Å². The minimum Gasteiger partial charge on any atom is -0.504 e. The maximum absolute atomic E-state index is 12.0.